The minimum absolute atomic E-state index is 0.560. The number of nitrogens with one attached hydrogen (secondary N) is 1. The molecule has 1 fully saturated rings. The molecule has 94 valence electrons. The van der Waals surface area contributed by atoms with Crippen LogP contribution in [0.15, 0.2) is 12.2 Å². The lowest BCUT2D eigenvalue weighted by atomic mass is 9.66. The van der Waals surface area contributed by atoms with Crippen LogP contribution in [0, 0.1) is 17.3 Å². The first-order valence-electron chi connectivity index (χ1n) is 6.73. The summed E-state index contributed by atoms with van der Waals surface area (Å²) in [5.41, 5.74) is 1.90. The third-order valence-electron chi connectivity index (χ3n) is 4.08. The second kappa shape index (κ2) is 5.86. The van der Waals surface area contributed by atoms with Gasteiger partial charge in [0, 0.05) is 0 Å². The lowest BCUT2D eigenvalue weighted by Gasteiger charge is -2.41. The molecule has 1 saturated carbocycles. The van der Waals surface area contributed by atoms with Gasteiger partial charge in [0.15, 0.2) is 0 Å². The highest BCUT2D eigenvalue weighted by atomic mass is 14.8. The molecule has 0 aliphatic heterocycles. The van der Waals surface area contributed by atoms with Crippen LogP contribution in [0.3, 0.4) is 0 Å². The summed E-state index contributed by atoms with van der Waals surface area (Å²) in [5.74, 6) is 1.78. The maximum atomic E-state index is 4.03. The third-order valence-corrected chi connectivity index (χ3v) is 4.08. The topological polar surface area (TPSA) is 12.0 Å². The molecule has 1 N–H and O–H groups in total. The summed E-state index contributed by atoms with van der Waals surface area (Å²) in [6.45, 7) is 12.2. The van der Waals surface area contributed by atoms with E-state index in [9.17, 15) is 0 Å². The normalized spacial score (nSPS) is 29.0. The summed E-state index contributed by atoms with van der Waals surface area (Å²) in [6.07, 6.45) is 6.73. The van der Waals surface area contributed by atoms with E-state index in [4.69, 9.17) is 0 Å². The second-order valence-electron chi connectivity index (χ2n) is 6.48. The Morgan fingerprint density at radius 3 is 2.62 bits per heavy atom. The zero-order valence-corrected chi connectivity index (χ0v) is 11.6. The molecule has 2 unspecified atom stereocenters. The Hall–Kier alpha value is -0.300. The lowest BCUT2D eigenvalue weighted by molar-refractivity contribution is 0.111. The molecule has 0 spiro atoms. The van der Waals surface area contributed by atoms with Crippen molar-refractivity contribution in [2.75, 3.05) is 13.6 Å². The van der Waals surface area contributed by atoms with Crippen molar-refractivity contribution < 1.29 is 0 Å². The van der Waals surface area contributed by atoms with E-state index in [1.54, 1.807) is 0 Å². The van der Waals surface area contributed by atoms with E-state index in [2.05, 4.69) is 39.7 Å². The average molecular weight is 223 g/mol. The van der Waals surface area contributed by atoms with Crippen LogP contribution >= 0.6 is 0 Å². The molecule has 0 aromatic carbocycles. The van der Waals surface area contributed by atoms with Crippen LogP contribution in [0.5, 0.6) is 0 Å². The maximum Gasteiger partial charge on any atom is -0.00209 e. The number of rotatable bonds is 5. The Balaban J connectivity index is 2.53. The molecule has 0 bridgehead atoms. The van der Waals surface area contributed by atoms with Gasteiger partial charge in [-0.3, -0.25) is 0 Å². The maximum absolute atomic E-state index is 4.03. The fraction of sp³-hybridized carbons (Fsp3) is 0.867. The SMILES string of the molecule is C=C(C)CCC1CC(C)(C)CCC1CNC. The standard InChI is InChI=1S/C15H29N/c1-12(2)6-7-13-10-15(3,4)9-8-14(13)11-16-5/h13-14,16H,1,6-11H2,2-5H3. The molecular weight excluding hydrogens is 194 g/mol. The molecule has 1 aliphatic rings. The van der Waals surface area contributed by atoms with Gasteiger partial charge in [-0.1, -0.05) is 19.4 Å². The lowest BCUT2D eigenvalue weighted by Crippen LogP contribution is -2.35. The van der Waals surface area contributed by atoms with Gasteiger partial charge in [0.1, 0.15) is 0 Å². The van der Waals surface area contributed by atoms with E-state index in [0.717, 1.165) is 11.8 Å². The van der Waals surface area contributed by atoms with Gasteiger partial charge in [-0.05, 0) is 69.9 Å². The quantitative estimate of drug-likeness (QED) is 0.695. The summed E-state index contributed by atoms with van der Waals surface area (Å²) < 4.78 is 0. The van der Waals surface area contributed by atoms with Crippen molar-refractivity contribution in [3.05, 3.63) is 12.2 Å². The van der Waals surface area contributed by atoms with Crippen molar-refractivity contribution in [1.82, 2.24) is 5.32 Å². The van der Waals surface area contributed by atoms with Crippen LogP contribution in [0.25, 0.3) is 0 Å². The molecule has 0 radical (unpaired) electrons. The van der Waals surface area contributed by atoms with Gasteiger partial charge in [0.2, 0.25) is 0 Å². The first-order chi connectivity index (χ1) is 7.44. The molecule has 1 heteroatoms. The average Bonchev–Trinajstić information content (AvgIpc) is 2.18. The van der Waals surface area contributed by atoms with Crippen molar-refractivity contribution in [2.24, 2.45) is 17.3 Å². The van der Waals surface area contributed by atoms with E-state index in [1.165, 1.54) is 44.2 Å². The smallest absolute Gasteiger partial charge is 0.00209 e. The van der Waals surface area contributed by atoms with E-state index < -0.39 is 0 Å². The van der Waals surface area contributed by atoms with Crippen molar-refractivity contribution >= 4 is 0 Å². The molecule has 0 aromatic heterocycles. The fourth-order valence-corrected chi connectivity index (χ4v) is 3.09. The number of hydrogen-bond acceptors (Lipinski definition) is 1. The van der Waals surface area contributed by atoms with Crippen LogP contribution in [0.4, 0.5) is 0 Å². The van der Waals surface area contributed by atoms with Crippen molar-refractivity contribution in [1.29, 1.82) is 0 Å². The monoisotopic (exact) mass is 223 g/mol. The van der Waals surface area contributed by atoms with Crippen molar-refractivity contribution in [3.8, 4) is 0 Å². The first kappa shape index (κ1) is 13.8. The van der Waals surface area contributed by atoms with E-state index in [0.29, 0.717) is 5.41 Å². The van der Waals surface area contributed by atoms with Crippen LogP contribution in [0.1, 0.15) is 52.9 Å². The molecule has 0 amide bonds. The van der Waals surface area contributed by atoms with Gasteiger partial charge < -0.3 is 5.32 Å². The second-order valence-corrected chi connectivity index (χ2v) is 6.48. The zero-order chi connectivity index (χ0) is 12.2. The minimum Gasteiger partial charge on any atom is -0.319 e. The van der Waals surface area contributed by atoms with Gasteiger partial charge in [-0.15, -0.1) is 6.58 Å². The van der Waals surface area contributed by atoms with Gasteiger partial charge in [-0.2, -0.15) is 0 Å². The molecule has 1 aliphatic carbocycles. The molecule has 1 nitrogen and oxygen atoms in total. The Morgan fingerprint density at radius 1 is 1.38 bits per heavy atom. The summed E-state index contributed by atoms with van der Waals surface area (Å²) in [4.78, 5) is 0. The van der Waals surface area contributed by atoms with Gasteiger partial charge in [-0.25, -0.2) is 0 Å². The number of allylic oxidation sites excluding steroid dienone is 1. The van der Waals surface area contributed by atoms with Crippen LogP contribution in [-0.4, -0.2) is 13.6 Å². The molecule has 16 heavy (non-hydrogen) atoms. The van der Waals surface area contributed by atoms with Crippen molar-refractivity contribution in [3.63, 3.8) is 0 Å². The van der Waals surface area contributed by atoms with Crippen LogP contribution in [-0.2, 0) is 0 Å². The summed E-state index contributed by atoms with van der Waals surface area (Å²) in [6, 6.07) is 0. The van der Waals surface area contributed by atoms with Gasteiger partial charge in [0.25, 0.3) is 0 Å². The van der Waals surface area contributed by atoms with Crippen LogP contribution < -0.4 is 5.32 Å². The highest BCUT2D eigenvalue weighted by molar-refractivity contribution is 4.92. The Labute approximate surface area is 102 Å². The van der Waals surface area contributed by atoms with E-state index in [-0.39, 0.29) is 0 Å². The molecule has 1 rings (SSSR count). The Kier molecular flexibility index (Phi) is 5.04. The van der Waals surface area contributed by atoms with E-state index in [1.807, 2.05) is 0 Å². The molecule has 0 aromatic rings. The fourth-order valence-electron chi connectivity index (χ4n) is 3.09. The number of hydrogen-bond donors (Lipinski definition) is 1. The van der Waals surface area contributed by atoms with Crippen LogP contribution in [0.2, 0.25) is 0 Å². The summed E-state index contributed by atoms with van der Waals surface area (Å²) in [5, 5.41) is 3.36. The summed E-state index contributed by atoms with van der Waals surface area (Å²) in [7, 11) is 2.08. The highest BCUT2D eigenvalue weighted by Gasteiger charge is 2.33. The van der Waals surface area contributed by atoms with Gasteiger partial charge in [0.05, 0.1) is 0 Å². The van der Waals surface area contributed by atoms with Gasteiger partial charge >= 0.3 is 0 Å². The third kappa shape index (κ3) is 4.29. The highest BCUT2D eigenvalue weighted by Crippen LogP contribution is 2.43. The predicted octanol–water partition coefficient (Wildman–Crippen LogP) is 4.00. The minimum atomic E-state index is 0.560. The van der Waals surface area contributed by atoms with Crippen molar-refractivity contribution in [2.45, 2.75) is 52.9 Å². The molecular formula is C15H29N. The Bertz CT molecular complexity index is 230. The molecule has 2 atom stereocenters. The largest absolute Gasteiger partial charge is 0.319 e. The molecule has 0 heterocycles. The predicted molar refractivity (Wildman–Crippen MR) is 72.6 cm³/mol. The first-order valence-corrected chi connectivity index (χ1v) is 6.73. The Morgan fingerprint density at radius 2 is 2.06 bits per heavy atom. The molecule has 0 saturated heterocycles. The zero-order valence-electron chi connectivity index (χ0n) is 11.6. The summed E-state index contributed by atoms with van der Waals surface area (Å²) >= 11 is 0. The van der Waals surface area contributed by atoms with E-state index >= 15 is 0 Å².